The lowest BCUT2D eigenvalue weighted by molar-refractivity contribution is -0.122. The highest BCUT2D eigenvalue weighted by atomic mass is 16.5. The number of hydrogen-bond acceptors (Lipinski definition) is 3. The van der Waals surface area contributed by atoms with E-state index in [1.54, 1.807) is 0 Å². The monoisotopic (exact) mass is 144 g/mol. The van der Waals surface area contributed by atoms with Crippen molar-refractivity contribution in [1.29, 1.82) is 0 Å². The Balaban J connectivity index is 2.39. The van der Waals surface area contributed by atoms with Crippen LogP contribution in [0, 0.1) is 0 Å². The van der Waals surface area contributed by atoms with Gasteiger partial charge in [0.1, 0.15) is 6.29 Å². The fourth-order valence-electron chi connectivity index (χ4n) is 1.15. The highest BCUT2D eigenvalue weighted by Crippen LogP contribution is 2.20. The summed E-state index contributed by atoms with van der Waals surface area (Å²) in [6.07, 6.45) is 2.48. The summed E-state index contributed by atoms with van der Waals surface area (Å²) in [5.74, 6) is 0. The smallest absolute Gasteiger partial charge is 0.122 e. The second-order valence-corrected chi connectivity index (χ2v) is 2.75. The van der Waals surface area contributed by atoms with Crippen molar-refractivity contribution in [2.45, 2.75) is 24.9 Å². The van der Waals surface area contributed by atoms with Gasteiger partial charge in [0.05, 0.1) is 12.2 Å². The van der Waals surface area contributed by atoms with Crippen LogP contribution in [0.2, 0.25) is 0 Å². The molecule has 0 spiro atoms. The van der Waals surface area contributed by atoms with E-state index in [1.807, 2.05) is 0 Å². The van der Waals surface area contributed by atoms with Crippen LogP contribution >= 0.6 is 0 Å². The Morgan fingerprint density at radius 3 is 3.00 bits per heavy atom. The van der Waals surface area contributed by atoms with Crippen molar-refractivity contribution in [3.8, 4) is 0 Å². The lowest BCUT2D eigenvalue weighted by atomic mass is 9.94. The largest absolute Gasteiger partial charge is 0.387 e. The van der Waals surface area contributed by atoms with Gasteiger partial charge in [-0.3, -0.25) is 0 Å². The average molecular weight is 144 g/mol. The van der Waals surface area contributed by atoms with Gasteiger partial charge in [-0.25, -0.2) is 0 Å². The minimum Gasteiger partial charge on any atom is -0.387 e. The maximum Gasteiger partial charge on any atom is 0.122 e. The Morgan fingerprint density at radius 1 is 1.70 bits per heavy atom. The molecule has 1 unspecified atom stereocenters. The number of carbonyl (C=O) groups is 1. The first-order valence-electron chi connectivity index (χ1n) is 3.51. The quantitative estimate of drug-likeness (QED) is 0.560. The number of ether oxygens (including phenoxy) is 1. The first kappa shape index (κ1) is 7.69. The molecular formula is C7H12O3. The Morgan fingerprint density at radius 2 is 2.50 bits per heavy atom. The molecule has 58 valence electrons. The van der Waals surface area contributed by atoms with E-state index in [9.17, 15) is 9.90 Å². The standard InChI is InChI=1S/C7H12O3/c8-4-3-7(9)2-1-5-10-6-7/h4,9H,1-3,5-6H2. The maximum atomic E-state index is 10.1. The number of rotatable bonds is 2. The first-order chi connectivity index (χ1) is 4.77. The summed E-state index contributed by atoms with van der Waals surface area (Å²) in [6.45, 7) is 1.02. The van der Waals surface area contributed by atoms with E-state index in [1.165, 1.54) is 0 Å². The third-order valence-electron chi connectivity index (χ3n) is 1.76. The van der Waals surface area contributed by atoms with Crippen LogP contribution in [0.4, 0.5) is 0 Å². The Kier molecular flexibility index (Phi) is 2.40. The molecule has 0 aromatic heterocycles. The fraction of sp³-hybridized carbons (Fsp3) is 0.857. The van der Waals surface area contributed by atoms with Crippen LogP contribution in [0.5, 0.6) is 0 Å². The number of aliphatic hydroxyl groups is 1. The van der Waals surface area contributed by atoms with Crippen molar-refractivity contribution >= 4 is 6.29 Å². The van der Waals surface area contributed by atoms with Crippen molar-refractivity contribution in [3.63, 3.8) is 0 Å². The van der Waals surface area contributed by atoms with E-state index < -0.39 is 5.60 Å². The van der Waals surface area contributed by atoms with E-state index in [0.29, 0.717) is 19.6 Å². The number of aldehydes is 1. The minimum absolute atomic E-state index is 0.201. The molecule has 1 atom stereocenters. The molecule has 1 heterocycles. The predicted molar refractivity (Wildman–Crippen MR) is 35.7 cm³/mol. The number of carbonyl (C=O) groups excluding carboxylic acids is 1. The maximum absolute atomic E-state index is 10.1. The lowest BCUT2D eigenvalue weighted by Gasteiger charge is -2.29. The van der Waals surface area contributed by atoms with Gasteiger partial charge >= 0.3 is 0 Å². The average Bonchev–Trinajstić information content (AvgIpc) is 1.89. The van der Waals surface area contributed by atoms with E-state index in [0.717, 1.165) is 12.7 Å². The van der Waals surface area contributed by atoms with E-state index in [4.69, 9.17) is 4.74 Å². The van der Waals surface area contributed by atoms with Gasteiger partial charge in [0, 0.05) is 13.0 Å². The van der Waals surface area contributed by atoms with Crippen molar-refractivity contribution in [1.82, 2.24) is 0 Å². The Labute approximate surface area is 60.0 Å². The van der Waals surface area contributed by atoms with Crippen molar-refractivity contribution in [3.05, 3.63) is 0 Å². The molecule has 1 rings (SSSR count). The molecule has 0 aliphatic carbocycles. The zero-order valence-corrected chi connectivity index (χ0v) is 5.88. The Hall–Kier alpha value is -0.410. The summed E-state index contributed by atoms with van der Waals surface area (Å²) in [6, 6.07) is 0. The third kappa shape index (κ3) is 1.78. The van der Waals surface area contributed by atoms with Gasteiger partial charge in [-0.2, -0.15) is 0 Å². The summed E-state index contributed by atoms with van der Waals surface area (Å²) in [5.41, 5.74) is -0.861. The van der Waals surface area contributed by atoms with Crippen molar-refractivity contribution < 1.29 is 14.6 Å². The molecule has 0 bridgehead atoms. The van der Waals surface area contributed by atoms with Gasteiger partial charge in [0.25, 0.3) is 0 Å². The molecule has 1 aliphatic heterocycles. The summed E-state index contributed by atoms with van der Waals surface area (Å²) in [4.78, 5) is 10.1. The van der Waals surface area contributed by atoms with Crippen LogP contribution in [0.15, 0.2) is 0 Å². The molecule has 0 aromatic rings. The third-order valence-corrected chi connectivity index (χ3v) is 1.76. The molecule has 0 radical (unpaired) electrons. The van der Waals surface area contributed by atoms with Crippen LogP contribution in [-0.4, -0.2) is 30.2 Å². The van der Waals surface area contributed by atoms with Gasteiger partial charge in [-0.1, -0.05) is 0 Å². The van der Waals surface area contributed by atoms with E-state index in [-0.39, 0.29) is 6.42 Å². The van der Waals surface area contributed by atoms with Gasteiger partial charge in [0.2, 0.25) is 0 Å². The predicted octanol–water partition coefficient (Wildman–Crippen LogP) is 0.117. The highest BCUT2D eigenvalue weighted by molar-refractivity contribution is 5.51. The summed E-state index contributed by atoms with van der Waals surface area (Å²) in [5, 5.41) is 9.52. The van der Waals surface area contributed by atoms with Crippen LogP contribution < -0.4 is 0 Å². The van der Waals surface area contributed by atoms with Crippen LogP contribution in [-0.2, 0) is 9.53 Å². The zero-order chi connectivity index (χ0) is 7.45. The topological polar surface area (TPSA) is 46.5 Å². The summed E-state index contributed by atoms with van der Waals surface area (Å²) >= 11 is 0. The summed E-state index contributed by atoms with van der Waals surface area (Å²) in [7, 11) is 0. The molecule has 3 nitrogen and oxygen atoms in total. The lowest BCUT2D eigenvalue weighted by Crippen LogP contribution is -2.38. The normalized spacial score (nSPS) is 33.7. The van der Waals surface area contributed by atoms with E-state index in [2.05, 4.69) is 0 Å². The summed E-state index contributed by atoms with van der Waals surface area (Å²) < 4.78 is 5.03. The van der Waals surface area contributed by atoms with Crippen LogP contribution in [0.3, 0.4) is 0 Å². The Bertz CT molecular complexity index is 116. The molecule has 1 saturated heterocycles. The van der Waals surface area contributed by atoms with Gasteiger partial charge in [-0.05, 0) is 12.8 Å². The molecule has 1 aliphatic rings. The van der Waals surface area contributed by atoms with Gasteiger partial charge < -0.3 is 14.6 Å². The molecule has 0 amide bonds. The van der Waals surface area contributed by atoms with Crippen molar-refractivity contribution in [2.24, 2.45) is 0 Å². The SMILES string of the molecule is O=CCC1(O)CCCOC1. The first-order valence-corrected chi connectivity index (χ1v) is 3.51. The molecule has 1 fully saturated rings. The highest BCUT2D eigenvalue weighted by Gasteiger charge is 2.29. The van der Waals surface area contributed by atoms with E-state index >= 15 is 0 Å². The molecule has 3 heteroatoms. The van der Waals surface area contributed by atoms with Crippen LogP contribution in [0.1, 0.15) is 19.3 Å². The fourth-order valence-corrected chi connectivity index (χ4v) is 1.15. The molecule has 0 aromatic carbocycles. The second-order valence-electron chi connectivity index (χ2n) is 2.75. The molecule has 0 saturated carbocycles. The van der Waals surface area contributed by atoms with Crippen molar-refractivity contribution in [2.75, 3.05) is 13.2 Å². The van der Waals surface area contributed by atoms with Crippen LogP contribution in [0.25, 0.3) is 0 Å². The number of hydrogen-bond donors (Lipinski definition) is 1. The minimum atomic E-state index is -0.861. The second kappa shape index (κ2) is 3.12. The molecule has 1 N–H and O–H groups in total. The zero-order valence-electron chi connectivity index (χ0n) is 5.88. The molecular weight excluding hydrogens is 132 g/mol. The molecule has 10 heavy (non-hydrogen) atoms. The van der Waals surface area contributed by atoms with Gasteiger partial charge in [-0.15, -0.1) is 0 Å². The van der Waals surface area contributed by atoms with Gasteiger partial charge in [0.15, 0.2) is 0 Å².